The fourth-order valence-corrected chi connectivity index (χ4v) is 4.55. The van der Waals surface area contributed by atoms with Crippen LogP contribution in [0.2, 0.25) is 5.02 Å². The first-order valence-corrected chi connectivity index (χ1v) is 11.8. The summed E-state index contributed by atoms with van der Waals surface area (Å²) in [4.78, 5) is 8.90. The maximum atomic E-state index is 10.6. The summed E-state index contributed by atoms with van der Waals surface area (Å²) >= 11 is 6.45. The molecule has 3 aromatic rings. The van der Waals surface area contributed by atoms with Crippen LogP contribution in [0.3, 0.4) is 0 Å². The Kier molecular flexibility index (Phi) is 7.65. The Morgan fingerprint density at radius 1 is 1.25 bits per heavy atom. The van der Waals surface area contributed by atoms with Crippen LogP contribution in [-0.4, -0.2) is 45.3 Å². The minimum Gasteiger partial charge on any atom is -0.475 e. The zero-order valence-corrected chi connectivity index (χ0v) is 20.2. The fourth-order valence-electron chi connectivity index (χ4n) is 4.36. The average molecular weight is 520 g/mol. The van der Waals surface area contributed by atoms with Crippen molar-refractivity contribution < 1.29 is 23.1 Å². The van der Waals surface area contributed by atoms with Gasteiger partial charge < -0.3 is 15.7 Å². The molecule has 0 bridgehead atoms. The van der Waals surface area contributed by atoms with E-state index >= 15 is 0 Å². The lowest BCUT2D eigenvalue weighted by atomic mass is 9.90. The summed E-state index contributed by atoms with van der Waals surface area (Å²) in [6, 6.07) is 14.9. The molecule has 0 aliphatic carbocycles. The van der Waals surface area contributed by atoms with Crippen LogP contribution in [0.15, 0.2) is 48.5 Å². The van der Waals surface area contributed by atoms with Gasteiger partial charge in [0.05, 0.1) is 28.1 Å². The van der Waals surface area contributed by atoms with Crippen LogP contribution in [0.5, 0.6) is 0 Å². The number of benzene rings is 2. The molecule has 190 valence electrons. The van der Waals surface area contributed by atoms with E-state index in [1.807, 2.05) is 35.9 Å². The number of halogens is 4. The molecule has 0 fully saturated rings. The van der Waals surface area contributed by atoms with Gasteiger partial charge in [-0.2, -0.15) is 13.2 Å². The van der Waals surface area contributed by atoms with Gasteiger partial charge in [0, 0.05) is 18.7 Å². The lowest BCUT2D eigenvalue weighted by molar-refractivity contribution is -0.192. The Bertz CT molecular complexity index is 1290. The smallest absolute Gasteiger partial charge is 0.475 e. The number of rotatable bonds is 3. The third-order valence-corrected chi connectivity index (χ3v) is 6.43. The molecule has 1 aromatic heterocycles. The first-order valence-electron chi connectivity index (χ1n) is 11.4. The van der Waals surface area contributed by atoms with Gasteiger partial charge in [0.2, 0.25) is 0 Å². The van der Waals surface area contributed by atoms with Crippen molar-refractivity contribution in [2.75, 3.05) is 18.4 Å². The molecule has 1 atom stereocenters. The van der Waals surface area contributed by atoms with E-state index in [0.29, 0.717) is 0 Å². The summed E-state index contributed by atoms with van der Waals surface area (Å²) in [5.41, 5.74) is 8.25. The van der Waals surface area contributed by atoms with E-state index in [0.717, 1.165) is 54.6 Å². The van der Waals surface area contributed by atoms with E-state index in [-0.39, 0.29) is 6.04 Å². The van der Waals surface area contributed by atoms with Gasteiger partial charge in [0.25, 0.3) is 0 Å². The number of alkyl halides is 3. The molecule has 0 spiro atoms. The summed E-state index contributed by atoms with van der Waals surface area (Å²) in [7, 11) is 0. The van der Waals surface area contributed by atoms with Crippen LogP contribution in [0.25, 0.3) is 16.8 Å². The van der Waals surface area contributed by atoms with Gasteiger partial charge in [-0.3, -0.25) is 0 Å². The second-order valence-electron chi connectivity index (χ2n) is 8.50. The number of carboxylic acids is 1. The van der Waals surface area contributed by atoms with Crippen LogP contribution in [0, 0.1) is 6.92 Å². The Labute approximate surface area is 211 Å². The number of anilines is 1. The van der Waals surface area contributed by atoms with E-state index in [4.69, 9.17) is 21.5 Å². The van der Waals surface area contributed by atoms with Gasteiger partial charge in [-0.25, -0.2) is 9.48 Å². The molecular weight excluding hydrogens is 495 g/mol. The number of nitrogens with zero attached hydrogens (tertiary/aromatic N) is 3. The van der Waals surface area contributed by atoms with Crippen molar-refractivity contribution in [1.29, 1.82) is 0 Å². The van der Waals surface area contributed by atoms with Crippen molar-refractivity contribution in [2.45, 2.75) is 38.5 Å². The summed E-state index contributed by atoms with van der Waals surface area (Å²) in [6.45, 7) is 4.81. The number of para-hydroxylation sites is 1. The lowest BCUT2D eigenvalue weighted by Gasteiger charge is -2.23. The number of nitrogens with one attached hydrogen (secondary N) is 2. The number of hydrogen-bond acceptors (Lipinski definition) is 5. The third kappa shape index (κ3) is 5.71. The van der Waals surface area contributed by atoms with Crippen LogP contribution in [-0.2, 0) is 11.3 Å². The highest BCUT2D eigenvalue weighted by Gasteiger charge is 2.38. The Morgan fingerprint density at radius 3 is 2.67 bits per heavy atom. The molecule has 3 heterocycles. The molecule has 5 rings (SSSR count). The second-order valence-corrected chi connectivity index (χ2v) is 8.91. The first kappa shape index (κ1) is 25.7. The summed E-state index contributed by atoms with van der Waals surface area (Å²) in [5.74, 6) is -2.76. The number of aliphatic carboxylic acids is 1. The van der Waals surface area contributed by atoms with Crippen molar-refractivity contribution in [1.82, 2.24) is 20.3 Å². The van der Waals surface area contributed by atoms with Crippen molar-refractivity contribution in [3.05, 3.63) is 70.4 Å². The van der Waals surface area contributed by atoms with Gasteiger partial charge in [-0.1, -0.05) is 47.2 Å². The second kappa shape index (κ2) is 10.7. The highest BCUT2D eigenvalue weighted by molar-refractivity contribution is 6.33. The fraction of sp³-hybridized carbons (Fsp3) is 0.320. The summed E-state index contributed by atoms with van der Waals surface area (Å²) in [5, 5.41) is 23.7. The standard InChI is InChI=1S/C23H24ClN5.C2HF3O2/c1-15-23-18-7-6-17(16-8-11-25-12-9-16)14-19(18)21(10-13-29(23)28-27-15)26-22-5-3-2-4-20(22)24;3-2(4,5)1(6)7/h2-8,14,21,25-26H,9-13H2,1H3;(H,6,7). The van der Waals surface area contributed by atoms with Crippen LogP contribution in [0.4, 0.5) is 18.9 Å². The highest BCUT2D eigenvalue weighted by atomic mass is 35.5. The predicted molar refractivity (Wildman–Crippen MR) is 132 cm³/mol. The molecular formula is C25H25ClF3N5O2. The Morgan fingerprint density at radius 2 is 2.00 bits per heavy atom. The number of aromatic nitrogens is 3. The van der Waals surface area contributed by atoms with E-state index in [2.05, 4.69) is 45.2 Å². The van der Waals surface area contributed by atoms with Crippen LogP contribution < -0.4 is 10.6 Å². The Balaban J connectivity index is 0.000000384. The van der Waals surface area contributed by atoms with E-state index < -0.39 is 12.1 Å². The van der Waals surface area contributed by atoms with Gasteiger partial charge >= 0.3 is 12.1 Å². The zero-order valence-electron chi connectivity index (χ0n) is 19.4. The normalized spacial score (nSPS) is 17.0. The van der Waals surface area contributed by atoms with Gasteiger partial charge in [-0.05, 0) is 61.2 Å². The number of carbonyl (C=O) groups is 1. The minimum absolute atomic E-state index is 0.147. The molecule has 0 radical (unpaired) electrons. The molecule has 0 amide bonds. The number of carboxylic acid groups (broad SMARTS) is 1. The molecule has 7 nitrogen and oxygen atoms in total. The van der Waals surface area contributed by atoms with Crippen molar-refractivity contribution in [2.24, 2.45) is 0 Å². The molecule has 2 aromatic carbocycles. The van der Waals surface area contributed by atoms with Crippen molar-refractivity contribution in [3.8, 4) is 11.3 Å². The summed E-state index contributed by atoms with van der Waals surface area (Å²) < 4.78 is 33.8. The van der Waals surface area contributed by atoms with Crippen LogP contribution >= 0.6 is 11.6 Å². The zero-order chi connectivity index (χ0) is 25.9. The lowest BCUT2D eigenvalue weighted by Crippen LogP contribution is -2.21. The SMILES string of the molecule is Cc1nnn2c1-c1ccc(C3=CCNCC3)cc1C(Nc1ccccc1Cl)CC2.O=C(O)C(F)(F)F. The Hall–Kier alpha value is -3.37. The average Bonchev–Trinajstić information content (AvgIpc) is 3.15. The third-order valence-electron chi connectivity index (χ3n) is 6.10. The predicted octanol–water partition coefficient (Wildman–Crippen LogP) is 5.47. The topological polar surface area (TPSA) is 92.1 Å². The largest absolute Gasteiger partial charge is 0.490 e. The first-order chi connectivity index (χ1) is 17.1. The minimum atomic E-state index is -5.08. The summed E-state index contributed by atoms with van der Waals surface area (Å²) in [6.07, 6.45) is -0.812. The van der Waals surface area contributed by atoms with Crippen molar-refractivity contribution >= 4 is 28.8 Å². The molecule has 1 unspecified atom stereocenters. The number of fused-ring (bicyclic) bond motifs is 3. The van der Waals surface area contributed by atoms with Gasteiger partial charge in [-0.15, -0.1) is 5.10 Å². The number of aryl methyl sites for hydroxylation is 2. The molecule has 11 heteroatoms. The molecule has 3 N–H and O–H groups in total. The van der Waals surface area contributed by atoms with Crippen LogP contribution in [0.1, 0.15) is 35.7 Å². The molecule has 36 heavy (non-hydrogen) atoms. The maximum absolute atomic E-state index is 10.6. The van der Waals surface area contributed by atoms with E-state index in [1.165, 1.54) is 22.3 Å². The number of hydrogen-bond donors (Lipinski definition) is 3. The van der Waals surface area contributed by atoms with E-state index in [9.17, 15) is 13.2 Å². The van der Waals surface area contributed by atoms with E-state index in [1.54, 1.807) is 0 Å². The monoisotopic (exact) mass is 519 g/mol. The van der Waals surface area contributed by atoms with Crippen molar-refractivity contribution in [3.63, 3.8) is 0 Å². The maximum Gasteiger partial charge on any atom is 0.490 e. The molecule has 2 aliphatic rings. The van der Waals surface area contributed by atoms with Gasteiger partial charge in [0.15, 0.2) is 0 Å². The molecule has 0 saturated heterocycles. The molecule has 2 aliphatic heterocycles. The van der Waals surface area contributed by atoms with Gasteiger partial charge in [0.1, 0.15) is 0 Å². The quantitative estimate of drug-likeness (QED) is 0.425. The highest BCUT2D eigenvalue weighted by Crippen LogP contribution is 2.39. The molecule has 0 saturated carbocycles.